The fourth-order valence-electron chi connectivity index (χ4n) is 2.14. The molecule has 0 spiro atoms. The summed E-state index contributed by atoms with van der Waals surface area (Å²) in [6.07, 6.45) is 0. The second kappa shape index (κ2) is 5.92. The van der Waals surface area contributed by atoms with Crippen LogP contribution in [-0.4, -0.2) is 17.9 Å². The van der Waals surface area contributed by atoms with E-state index in [1.54, 1.807) is 18.8 Å². The number of hydrogen-bond donors (Lipinski definition) is 1. The van der Waals surface area contributed by atoms with Crippen molar-refractivity contribution in [2.45, 2.75) is 5.25 Å². The summed E-state index contributed by atoms with van der Waals surface area (Å²) in [4.78, 5) is 4.21. The molecule has 3 rings (SSSR count). The summed E-state index contributed by atoms with van der Waals surface area (Å²) in [6, 6.07) is 20.7. The molecule has 0 fully saturated rings. The highest BCUT2D eigenvalue weighted by Gasteiger charge is 2.26. The van der Waals surface area contributed by atoms with E-state index in [1.807, 2.05) is 24.3 Å². The molecule has 2 aromatic rings. The van der Waals surface area contributed by atoms with Crippen LogP contribution in [0.25, 0.3) is 0 Å². The maximum atomic E-state index is 4.52. The lowest BCUT2D eigenvalue weighted by Crippen LogP contribution is -2.28. The Labute approximate surface area is 122 Å². The van der Waals surface area contributed by atoms with E-state index in [0.29, 0.717) is 0 Å². The zero-order valence-corrected chi connectivity index (χ0v) is 12.0. The van der Waals surface area contributed by atoms with Crippen LogP contribution in [0.5, 0.6) is 0 Å². The molecule has 0 radical (unpaired) electrons. The van der Waals surface area contributed by atoms with Gasteiger partial charge in [-0.05, 0) is 11.1 Å². The van der Waals surface area contributed by atoms with Gasteiger partial charge in [0, 0.05) is 7.05 Å². The van der Waals surface area contributed by atoms with Gasteiger partial charge in [0.25, 0.3) is 0 Å². The predicted octanol–water partition coefficient (Wildman–Crippen LogP) is 3.45. The smallest absolute Gasteiger partial charge is 0.177 e. The first-order chi connectivity index (χ1) is 9.88. The first-order valence-corrected chi connectivity index (χ1v) is 7.34. The third-order valence-electron chi connectivity index (χ3n) is 3.12. The molecular formula is C16H15N3S. The van der Waals surface area contributed by atoms with Crippen molar-refractivity contribution in [1.29, 1.82) is 0 Å². The number of rotatable bonds is 2. The summed E-state index contributed by atoms with van der Waals surface area (Å²) in [5.74, 6) is 0. The summed E-state index contributed by atoms with van der Waals surface area (Å²) in [5.41, 5.74) is 6.43. The third kappa shape index (κ3) is 2.60. The molecule has 1 aliphatic heterocycles. The molecule has 0 aromatic heterocycles. The molecule has 0 bridgehead atoms. The molecule has 1 unspecified atom stereocenters. The van der Waals surface area contributed by atoms with Gasteiger partial charge in [-0.1, -0.05) is 72.4 Å². The number of hydrogen-bond acceptors (Lipinski definition) is 3. The number of aliphatic imine (C=N–C) groups is 1. The van der Waals surface area contributed by atoms with E-state index in [2.05, 4.69) is 51.9 Å². The van der Waals surface area contributed by atoms with Gasteiger partial charge in [-0.15, -0.1) is 0 Å². The van der Waals surface area contributed by atoms with Crippen LogP contribution in [0.15, 0.2) is 70.8 Å². The van der Waals surface area contributed by atoms with Crippen molar-refractivity contribution in [1.82, 2.24) is 5.43 Å². The zero-order chi connectivity index (χ0) is 13.8. The highest BCUT2D eigenvalue weighted by molar-refractivity contribution is 8.14. The van der Waals surface area contributed by atoms with E-state index in [-0.39, 0.29) is 5.25 Å². The number of benzene rings is 2. The standard InChI is InChI=1S/C16H15N3S/c1-17-16-19-18-14(12-8-4-2-5-9-12)15(20-16)13-10-6-3-7-11-13/h2-11,15H,1H3,(H,17,19). The molecule has 20 heavy (non-hydrogen) atoms. The van der Waals surface area contributed by atoms with Crippen molar-refractivity contribution < 1.29 is 0 Å². The number of nitrogens with one attached hydrogen (secondary N) is 1. The molecule has 1 heterocycles. The van der Waals surface area contributed by atoms with Gasteiger partial charge in [-0.25, -0.2) is 0 Å². The fourth-order valence-corrected chi connectivity index (χ4v) is 3.16. The van der Waals surface area contributed by atoms with Crippen LogP contribution in [0, 0.1) is 0 Å². The minimum Gasteiger partial charge on any atom is -0.265 e. The Morgan fingerprint density at radius 1 is 1.00 bits per heavy atom. The molecule has 2 aromatic carbocycles. The normalized spacial score (nSPS) is 20.4. The summed E-state index contributed by atoms with van der Waals surface area (Å²) >= 11 is 1.70. The van der Waals surface area contributed by atoms with Crippen molar-refractivity contribution in [3.05, 3.63) is 71.8 Å². The molecule has 1 atom stereocenters. The largest absolute Gasteiger partial charge is 0.265 e. The van der Waals surface area contributed by atoms with Gasteiger partial charge in [0.1, 0.15) is 0 Å². The van der Waals surface area contributed by atoms with Crippen molar-refractivity contribution in [3.8, 4) is 0 Å². The predicted molar refractivity (Wildman–Crippen MR) is 86.2 cm³/mol. The minimum atomic E-state index is 0.165. The van der Waals surface area contributed by atoms with Gasteiger partial charge in [0.15, 0.2) is 5.17 Å². The summed E-state index contributed by atoms with van der Waals surface area (Å²) in [7, 11) is 1.78. The van der Waals surface area contributed by atoms with Crippen molar-refractivity contribution >= 4 is 22.6 Å². The topological polar surface area (TPSA) is 36.8 Å². The Morgan fingerprint density at radius 2 is 1.65 bits per heavy atom. The van der Waals surface area contributed by atoms with Crippen molar-refractivity contribution in [2.24, 2.45) is 10.1 Å². The second-order valence-electron chi connectivity index (χ2n) is 4.41. The van der Waals surface area contributed by atoms with E-state index in [4.69, 9.17) is 0 Å². The van der Waals surface area contributed by atoms with E-state index in [9.17, 15) is 0 Å². The summed E-state index contributed by atoms with van der Waals surface area (Å²) in [6.45, 7) is 0. The van der Waals surface area contributed by atoms with E-state index in [1.165, 1.54) is 5.56 Å². The number of nitrogens with zero attached hydrogens (tertiary/aromatic N) is 2. The Balaban J connectivity index is 2.04. The lowest BCUT2D eigenvalue weighted by atomic mass is 10.0. The fraction of sp³-hybridized carbons (Fsp3) is 0.125. The van der Waals surface area contributed by atoms with Crippen molar-refractivity contribution in [3.63, 3.8) is 0 Å². The van der Waals surface area contributed by atoms with E-state index < -0.39 is 0 Å². The van der Waals surface area contributed by atoms with Gasteiger partial charge in [0.2, 0.25) is 0 Å². The van der Waals surface area contributed by atoms with Gasteiger partial charge in [-0.2, -0.15) is 5.10 Å². The van der Waals surface area contributed by atoms with Crippen LogP contribution < -0.4 is 5.43 Å². The SMILES string of the molecule is CN=C1NN=C(c2ccccc2)C(c2ccccc2)S1. The van der Waals surface area contributed by atoms with E-state index in [0.717, 1.165) is 16.4 Å². The van der Waals surface area contributed by atoms with Crippen LogP contribution in [0.2, 0.25) is 0 Å². The quantitative estimate of drug-likeness (QED) is 0.915. The first-order valence-electron chi connectivity index (χ1n) is 6.46. The first kappa shape index (κ1) is 12.9. The molecule has 3 nitrogen and oxygen atoms in total. The molecule has 0 amide bonds. The lowest BCUT2D eigenvalue weighted by Gasteiger charge is -2.24. The lowest BCUT2D eigenvalue weighted by molar-refractivity contribution is 1.01. The summed E-state index contributed by atoms with van der Waals surface area (Å²) < 4.78 is 0. The molecular weight excluding hydrogens is 266 g/mol. The zero-order valence-electron chi connectivity index (χ0n) is 11.2. The van der Waals surface area contributed by atoms with Gasteiger partial charge in [0.05, 0.1) is 11.0 Å². The van der Waals surface area contributed by atoms with Crippen LogP contribution in [0.3, 0.4) is 0 Å². The van der Waals surface area contributed by atoms with Crippen LogP contribution in [0.1, 0.15) is 16.4 Å². The Hall–Kier alpha value is -2.07. The average molecular weight is 281 g/mol. The van der Waals surface area contributed by atoms with Crippen molar-refractivity contribution in [2.75, 3.05) is 7.05 Å². The van der Waals surface area contributed by atoms with Gasteiger partial charge < -0.3 is 0 Å². The highest BCUT2D eigenvalue weighted by atomic mass is 32.2. The molecule has 1 aliphatic rings. The molecule has 0 aliphatic carbocycles. The average Bonchev–Trinajstić information content (AvgIpc) is 2.56. The van der Waals surface area contributed by atoms with Gasteiger partial charge in [-0.3, -0.25) is 10.4 Å². The number of amidine groups is 1. The molecule has 100 valence electrons. The monoisotopic (exact) mass is 281 g/mol. The molecule has 1 N–H and O–H groups in total. The second-order valence-corrected chi connectivity index (χ2v) is 5.51. The Morgan fingerprint density at radius 3 is 2.30 bits per heavy atom. The Bertz CT molecular complexity index is 635. The third-order valence-corrected chi connectivity index (χ3v) is 4.35. The highest BCUT2D eigenvalue weighted by Crippen LogP contribution is 2.35. The number of hydrazone groups is 1. The Kier molecular flexibility index (Phi) is 3.83. The number of thioether (sulfide) groups is 1. The summed E-state index contributed by atoms with van der Waals surface area (Å²) in [5, 5.41) is 5.54. The van der Waals surface area contributed by atoms with Crippen LogP contribution in [0.4, 0.5) is 0 Å². The minimum absolute atomic E-state index is 0.165. The molecule has 4 heteroatoms. The molecule has 0 saturated carbocycles. The van der Waals surface area contributed by atoms with Gasteiger partial charge >= 0.3 is 0 Å². The molecule has 0 saturated heterocycles. The maximum absolute atomic E-state index is 4.52. The van der Waals surface area contributed by atoms with Crippen LogP contribution >= 0.6 is 11.8 Å². The maximum Gasteiger partial charge on any atom is 0.177 e. The van der Waals surface area contributed by atoms with Crippen LogP contribution in [-0.2, 0) is 0 Å². The van der Waals surface area contributed by atoms with E-state index >= 15 is 0 Å².